The van der Waals surface area contributed by atoms with Crippen LogP contribution in [0.1, 0.15) is 42.6 Å². The summed E-state index contributed by atoms with van der Waals surface area (Å²) in [5.41, 5.74) is -0.0304. The Morgan fingerprint density at radius 2 is 1.89 bits per heavy atom. The van der Waals surface area contributed by atoms with Crippen LogP contribution in [0.5, 0.6) is 11.5 Å². The van der Waals surface area contributed by atoms with Crippen LogP contribution in [-0.4, -0.2) is 42.1 Å². The van der Waals surface area contributed by atoms with Crippen molar-refractivity contribution in [2.45, 2.75) is 49.8 Å². The molecule has 0 aliphatic heterocycles. The van der Waals surface area contributed by atoms with E-state index in [1.165, 1.54) is 17.9 Å². The lowest BCUT2D eigenvalue weighted by molar-refractivity contribution is -0.144. The molecule has 1 heterocycles. The molecule has 1 aliphatic carbocycles. The second-order valence-corrected chi connectivity index (χ2v) is 10.6. The molecule has 0 saturated heterocycles. The van der Waals surface area contributed by atoms with E-state index in [0.29, 0.717) is 36.6 Å². The molecule has 2 aromatic carbocycles. The predicted octanol–water partition coefficient (Wildman–Crippen LogP) is 5.09. The second-order valence-electron chi connectivity index (χ2n) is 8.65. The van der Waals surface area contributed by atoms with E-state index in [9.17, 15) is 30.8 Å². The largest absolute Gasteiger partial charge is 0.465 e. The summed E-state index contributed by atoms with van der Waals surface area (Å²) >= 11 is 0. The minimum absolute atomic E-state index is 0.0424. The molecule has 4 rings (SSSR count). The van der Waals surface area contributed by atoms with Gasteiger partial charge in [0, 0.05) is 18.3 Å². The maximum absolute atomic E-state index is 13.9. The third-order valence-electron chi connectivity index (χ3n) is 6.23. The fourth-order valence-electron chi connectivity index (χ4n) is 4.38. The molecular formula is C25H25F4N3O5S. The van der Waals surface area contributed by atoms with Gasteiger partial charge in [-0.2, -0.15) is 22.6 Å². The highest BCUT2D eigenvalue weighted by Crippen LogP contribution is 2.41. The molecule has 38 heavy (non-hydrogen) atoms. The van der Waals surface area contributed by atoms with E-state index in [1.807, 2.05) is 0 Å². The first-order chi connectivity index (χ1) is 17.9. The number of carbonyl (C=O) groups is 1. The highest BCUT2D eigenvalue weighted by Gasteiger charge is 2.39. The van der Waals surface area contributed by atoms with Gasteiger partial charge in [-0.1, -0.05) is 0 Å². The number of sulfonamides is 1. The van der Waals surface area contributed by atoms with Gasteiger partial charge in [-0.3, -0.25) is 9.48 Å². The molecule has 0 spiro atoms. The zero-order valence-corrected chi connectivity index (χ0v) is 21.4. The summed E-state index contributed by atoms with van der Waals surface area (Å²) in [5, 5.41) is 4.22. The molecular weight excluding hydrogens is 530 g/mol. The predicted molar refractivity (Wildman–Crippen MR) is 127 cm³/mol. The minimum atomic E-state index is -4.92. The molecule has 0 radical (unpaired) electrons. The van der Waals surface area contributed by atoms with Gasteiger partial charge in [0.05, 0.1) is 29.3 Å². The van der Waals surface area contributed by atoms with Crippen molar-refractivity contribution in [1.82, 2.24) is 14.1 Å². The maximum atomic E-state index is 13.9. The van der Waals surface area contributed by atoms with Crippen molar-refractivity contribution in [1.29, 1.82) is 0 Å². The SMILES string of the molecule is CCOC(=O)Cn1ncc2c1CCCC2N(C)S(=O)(=O)c1ccc(Oc2ccc(F)cc2)c(C(F)(F)F)c1. The lowest BCUT2D eigenvalue weighted by Crippen LogP contribution is -2.33. The van der Waals surface area contributed by atoms with E-state index in [2.05, 4.69) is 5.10 Å². The van der Waals surface area contributed by atoms with Gasteiger partial charge in [0.1, 0.15) is 23.9 Å². The van der Waals surface area contributed by atoms with Crippen molar-refractivity contribution in [3.63, 3.8) is 0 Å². The Balaban J connectivity index is 1.64. The van der Waals surface area contributed by atoms with Crippen molar-refractivity contribution >= 4 is 16.0 Å². The average molecular weight is 556 g/mol. The Labute approximate surface area is 216 Å². The summed E-state index contributed by atoms with van der Waals surface area (Å²) < 4.78 is 94.5. The average Bonchev–Trinajstić information content (AvgIpc) is 3.27. The minimum Gasteiger partial charge on any atom is -0.465 e. The van der Waals surface area contributed by atoms with Crippen LogP contribution in [0.25, 0.3) is 0 Å². The summed E-state index contributed by atoms with van der Waals surface area (Å²) in [7, 11) is -3.08. The molecule has 0 N–H and O–H groups in total. The standard InChI is InChI=1S/C25H25F4N3O5S/c1-3-36-24(33)15-32-22-6-4-5-21(19(22)14-30-32)31(2)38(34,35)18-11-12-23(20(13-18)25(27,28)29)37-17-9-7-16(26)8-10-17/h7-14,21H,3-6,15H2,1-2H3. The summed E-state index contributed by atoms with van der Waals surface area (Å²) in [6.07, 6.45) is -1.88. The number of aromatic nitrogens is 2. The van der Waals surface area contributed by atoms with Crippen LogP contribution in [0.2, 0.25) is 0 Å². The number of carbonyl (C=O) groups excluding carboxylic acids is 1. The van der Waals surface area contributed by atoms with Crippen LogP contribution in [0.3, 0.4) is 0 Å². The Kier molecular flexibility index (Phi) is 7.79. The summed E-state index contributed by atoms with van der Waals surface area (Å²) in [5.74, 6) is -1.73. The zero-order chi connectivity index (χ0) is 27.7. The van der Waals surface area contributed by atoms with Crippen LogP contribution in [0.4, 0.5) is 17.6 Å². The lowest BCUT2D eigenvalue weighted by atomic mass is 9.93. The fraction of sp³-hybridized carbons (Fsp3) is 0.360. The van der Waals surface area contributed by atoms with E-state index in [-0.39, 0.29) is 18.9 Å². The van der Waals surface area contributed by atoms with Crippen molar-refractivity contribution in [2.75, 3.05) is 13.7 Å². The monoisotopic (exact) mass is 555 g/mol. The van der Waals surface area contributed by atoms with Gasteiger partial charge >= 0.3 is 12.1 Å². The molecule has 13 heteroatoms. The van der Waals surface area contributed by atoms with Gasteiger partial charge in [-0.05, 0) is 68.7 Å². The van der Waals surface area contributed by atoms with Gasteiger partial charge < -0.3 is 9.47 Å². The number of benzene rings is 2. The molecule has 1 aromatic heterocycles. The molecule has 1 unspecified atom stereocenters. The number of fused-ring (bicyclic) bond motifs is 1. The number of hydrogen-bond acceptors (Lipinski definition) is 6. The quantitative estimate of drug-likeness (QED) is 0.284. The first-order valence-electron chi connectivity index (χ1n) is 11.7. The molecule has 0 fully saturated rings. The first-order valence-corrected chi connectivity index (χ1v) is 13.2. The Morgan fingerprint density at radius 3 is 2.55 bits per heavy atom. The number of hydrogen-bond donors (Lipinski definition) is 0. The maximum Gasteiger partial charge on any atom is 0.420 e. The molecule has 0 bridgehead atoms. The number of ether oxygens (including phenoxy) is 2. The summed E-state index contributed by atoms with van der Waals surface area (Å²) in [6.45, 7) is 1.76. The molecule has 3 aromatic rings. The molecule has 204 valence electrons. The van der Waals surface area contributed by atoms with Gasteiger partial charge in [0.2, 0.25) is 10.0 Å². The fourth-order valence-corrected chi connectivity index (χ4v) is 5.77. The topological polar surface area (TPSA) is 90.7 Å². The van der Waals surface area contributed by atoms with Crippen molar-refractivity contribution in [3.8, 4) is 11.5 Å². The smallest absolute Gasteiger partial charge is 0.420 e. The molecule has 1 atom stereocenters. The number of halogens is 4. The Morgan fingerprint density at radius 1 is 1.18 bits per heavy atom. The van der Waals surface area contributed by atoms with Crippen molar-refractivity contribution < 1.29 is 40.2 Å². The molecule has 8 nitrogen and oxygen atoms in total. The molecule has 0 amide bonds. The van der Waals surface area contributed by atoms with E-state index in [4.69, 9.17) is 9.47 Å². The van der Waals surface area contributed by atoms with Crippen LogP contribution in [-0.2, 0) is 38.7 Å². The van der Waals surface area contributed by atoms with Crippen LogP contribution in [0.15, 0.2) is 53.6 Å². The third-order valence-corrected chi connectivity index (χ3v) is 8.09. The van der Waals surface area contributed by atoms with Crippen LogP contribution >= 0.6 is 0 Å². The van der Waals surface area contributed by atoms with Gasteiger partial charge in [0.25, 0.3) is 0 Å². The second kappa shape index (κ2) is 10.7. The Hall–Kier alpha value is -3.45. The van der Waals surface area contributed by atoms with Crippen LogP contribution < -0.4 is 4.74 Å². The summed E-state index contributed by atoms with van der Waals surface area (Å²) in [4.78, 5) is 11.4. The van der Waals surface area contributed by atoms with E-state index in [0.717, 1.165) is 40.7 Å². The Bertz CT molecular complexity index is 1420. The first kappa shape index (κ1) is 27.6. The lowest BCUT2D eigenvalue weighted by Gasteiger charge is -2.31. The molecule has 1 aliphatic rings. The number of alkyl halides is 3. The normalized spacial score (nSPS) is 15.8. The molecule has 0 saturated carbocycles. The number of nitrogens with zero attached hydrogens (tertiary/aromatic N) is 3. The van der Waals surface area contributed by atoms with Gasteiger partial charge in [-0.25, -0.2) is 12.8 Å². The van der Waals surface area contributed by atoms with Crippen molar-refractivity contribution in [3.05, 3.63) is 71.3 Å². The van der Waals surface area contributed by atoms with Gasteiger partial charge in [-0.15, -0.1) is 0 Å². The van der Waals surface area contributed by atoms with E-state index in [1.54, 1.807) is 6.92 Å². The van der Waals surface area contributed by atoms with Crippen LogP contribution in [0, 0.1) is 5.82 Å². The number of esters is 1. The van der Waals surface area contributed by atoms with Crippen molar-refractivity contribution in [2.24, 2.45) is 0 Å². The third kappa shape index (κ3) is 5.68. The van der Waals surface area contributed by atoms with Gasteiger partial charge in [0.15, 0.2) is 0 Å². The number of rotatable bonds is 8. The highest BCUT2D eigenvalue weighted by atomic mass is 32.2. The highest BCUT2D eigenvalue weighted by molar-refractivity contribution is 7.89. The zero-order valence-electron chi connectivity index (χ0n) is 20.5. The summed E-state index contributed by atoms with van der Waals surface area (Å²) in [6, 6.07) is 6.19. The van der Waals surface area contributed by atoms with E-state index < -0.39 is 50.2 Å². The van der Waals surface area contributed by atoms with E-state index >= 15 is 0 Å².